The van der Waals surface area contributed by atoms with Gasteiger partial charge in [0.25, 0.3) is 0 Å². The Bertz CT molecular complexity index is 600. The Balaban J connectivity index is 1.94. The van der Waals surface area contributed by atoms with Gasteiger partial charge in [-0.15, -0.1) is 0 Å². The topological polar surface area (TPSA) is 44.1 Å². The van der Waals surface area contributed by atoms with Crippen LogP contribution in [0, 0.1) is 5.92 Å². The van der Waals surface area contributed by atoms with E-state index in [-0.39, 0.29) is 0 Å². The van der Waals surface area contributed by atoms with E-state index in [2.05, 4.69) is 5.10 Å². The van der Waals surface area contributed by atoms with E-state index in [0.29, 0.717) is 5.56 Å². The molecule has 0 saturated heterocycles. The van der Waals surface area contributed by atoms with Crippen molar-refractivity contribution in [3.63, 3.8) is 0 Å². The molecule has 2 aromatic rings. The Morgan fingerprint density at radius 2 is 2.32 bits per heavy atom. The van der Waals surface area contributed by atoms with Crippen LogP contribution in [0.3, 0.4) is 0 Å². The molecule has 4 heteroatoms. The summed E-state index contributed by atoms with van der Waals surface area (Å²) in [7, 11) is 1.63. The standard InChI is InChI=1S/C15H16N2O2/c1-19-15-5-4-12(10-18)6-14(15)13-7-16-17(9-13)8-11-2-3-11/h4-7,9-11H,2-3,8H2,1H3. The van der Waals surface area contributed by atoms with Crippen LogP contribution in [0.2, 0.25) is 0 Å². The Kier molecular flexibility index (Phi) is 3.07. The van der Waals surface area contributed by atoms with Gasteiger partial charge in [0.1, 0.15) is 12.0 Å². The van der Waals surface area contributed by atoms with Crippen molar-refractivity contribution in [2.75, 3.05) is 7.11 Å². The average molecular weight is 256 g/mol. The van der Waals surface area contributed by atoms with Crippen LogP contribution in [0.1, 0.15) is 23.2 Å². The Morgan fingerprint density at radius 1 is 1.47 bits per heavy atom. The SMILES string of the molecule is COc1ccc(C=O)cc1-c1cnn(CC2CC2)c1. The summed E-state index contributed by atoms with van der Waals surface area (Å²) in [5, 5.41) is 4.38. The third-order valence-electron chi connectivity index (χ3n) is 3.45. The Morgan fingerprint density at radius 3 is 3.00 bits per heavy atom. The molecule has 0 amide bonds. The quantitative estimate of drug-likeness (QED) is 0.773. The molecule has 19 heavy (non-hydrogen) atoms. The maximum atomic E-state index is 10.9. The van der Waals surface area contributed by atoms with E-state index >= 15 is 0 Å². The number of rotatable bonds is 5. The summed E-state index contributed by atoms with van der Waals surface area (Å²) in [6, 6.07) is 5.41. The van der Waals surface area contributed by atoms with Crippen molar-refractivity contribution in [1.29, 1.82) is 0 Å². The van der Waals surface area contributed by atoms with Gasteiger partial charge in [-0.3, -0.25) is 9.48 Å². The number of nitrogens with zero attached hydrogens (tertiary/aromatic N) is 2. The van der Waals surface area contributed by atoms with Crippen molar-refractivity contribution in [2.45, 2.75) is 19.4 Å². The highest BCUT2D eigenvalue weighted by Crippen LogP contribution is 2.33. The molecular formula is C15H16N2O2. The lowest BCUT2D eigenvalue weighted by Crippen LogP contribution is -1.99. The average Bonchev–Trinajstić information content (AvgIpc) is 3.14. The lowest BCUT2D eigenvalue weighted by Gasteiger charge is -2.07. The molecule has 1 aliphatic rings. The predicted molar refractivity (Wildman–Crippen MR) is 72.3 cm³/mol. The summed E-state index contributed by atoms with van der Waals surface area (Å²) < 4.78 is 7.32. The zero-order chi connectivity index (χ0) is 13.2. The Hall–Kier alpha value is -2.10. The van der Waals surface area contributed by atoms with Crippen LogP contribution in [-0.4, -0.2) is 23.2 Å². The summed E-state index contributed by atoms with van der Waals surface area (Å²) >= 11 is 0. The van der Waals surface area contributed by atoms with Crippen LogP contribution in [0.25, 0.3) is 11.1 Å². The number of aldehydes is 1. The number of aromatic nitrogens is 2. The van der Waals surface area contributed by atoms with E-state index in [0.717, 1.165) is 35.6 Å². The number of benzene rings is 1. The first-order chi connectivity index (χ1) is 9.30. The van der Waals surface area contributed by atoms with Gasteiger partial charge in [-0.05, 0) is 37.0 Å². The van der Waals surface area contributed by atoms with E-state index in [9.17, 15) is 4.79 Å². The number of carbonyl (C=O) groups is 1. The maximum absolute atomic E-state index is 10.9. The van der Waals surface area contributed by atoms with Crippen molar-refractivity contribution in [3.05, 3.63) is 36.2 Å². The second-order valence-electron chi connectivity index (χ2n) is 4.97. The lowest BCUT2D eigenvalue weighted by atomic mass is 10.1. The zero-order valence-corrected chi connectivity index (χ0v) is 10.9. The predicted octanol–water partition coefficient (Wildman–Crippen LogP) is 2.78. The number of ether oxygens (including phenoxy) is 1. The van der Waals surface area contributed by atoms with Gasteiger partial charge in [0.05, 0.1) is 13.3 Å². The third kappa shape index (κ3) is 2.52. The summed E-state index contributed by atoms with van der Waals surface area (Å²) in [6.45, 7) is 0.982. The minimum absolute atomic E-state index is 0.644. The molecular weight excluding hydrogens is 240 g/mol. The van der Waals surface area contributed by atoms with Gasteiger partial charge < -0.3 is 4.74 Å². The normalized spacial score (nSPS) is 14.4. The number of hydrogen-bond acceptors (Lipinski definition) is 3. The second-order valence-corrected chi connectivity index (χ2v) is 4.97. The van der Waals surface area contributed by atoms with Crippen LogP contribution in [0.15, 0.2) is 30.6 Å². The molecule has 0 unspecified atom stereocenters. The fraction of sp³-hybridized carbons (Fsp3) is 0.333. The highest BCUT2D eigenvalue weighted by Gasteiger charge is 2.22. The van der Waals surface area contributed by atoms with E-state index in [4.69, 9.17) is 4.74 Å². The van der Waals surface area contributed by atoms with E-state index in [1.165, 1.54) is 12.8 Å². The second kappa shape index (κ2) is 4.88. The minimum Gasteiger partial charge on any atom is -0.496 e. The first kappa shape index (κ1) is 12.0. The summed E-state index contributed by atoms with van der Waals surface area (Å²) in [4.78, 5) is 10.9. The monoisotopic (exact) mass is 256 g/mol. The number of hydrogen-bond donors (Lipinski definition) is 0. The molecule has 1 heterocycles. The Labute approximate surface area is 112 Å². The van der Waals surface area contributed by atoms with E-state index in [1.54, 1.807) is 13.2 Å². The summed E-state index contributed by atoms with van der Waals surface area (Å²) in [5.74, 6) is 1.55. The van der Waals surface area contributed by atoms with Crippen LogP contribution in [-0.2, 0) is 6.54 Å². The molecule has 0 atom stereocenters. The van der Waals surface area contributed by atoms with Crippen molar-refractivity contribution in [1.82, 2.24) is 9.78 Å². The van der Waals surface area contributed by atoms with E-state index < -0.39 is 0 Å². The molecule has 3 rings (SSSR count). The van der Waals surface area contributed by atoms with Gasteiger partial charge in [0.2, 0.25) is 0 Å². The number of carbonyl (C=O) groups excluding carboxylic acids is 1. The van der Waals surface area contributed by atoms with Crippen LogP contribution in [0.4, 0.5) is 0 Å². The largest absolute Gasteiger partial charge is 0.496 e. The molecule has 1 fully saturated rings. The van der Waals surface area contributed by atoms with Gasteiger partial charge in [0.15, 0.2) is 0 Å². The molecule has 1 aromatic heterocycles. The van der Waals surface area contributed by atoms with Gasteiger partial charge in [-0.2, -0.15) is 5.10 Å². The van der Waals surface area contributed by atoms with Gasteiger partial charge >= 0.3 is 0 Å². The van der Waals surface area contributed by atoms with Crippen molar-refractivity contribution >= 4 is 6.29 Å². The van der Waals surface area contributed by atoms with Gasteiger partial charge in [0, 0.05) is 29.4 Å². The van der Waals surface area contributed by atoms with Crippen molar-refractivity contribution in [2.24, 2.45) is 5.92 Å². The van der Waals surface area contributed by atoms with Crippen LogP contribution >= 0.6 is 0 Å². The smallest absolute Gasteiger partial charge is 0.150 e. The highest BCUT2D eigenvalue weighted by atomic mass is 16.5. The summed E-state index contributed by atoms with van der Waals surface area (Å²) in [6.07, 6.45) is 7.30. The molecule has 1 aromatic carbocycles. The molecule has 0 bridgehead atoms. The molecule has 1 aliphatic carbocycles. The van der Waals surface area contributed by atoms with Crippen LogP contribution in [0.5, 0.6) is 5.75 Å². The van der Waals surface area contributed by atoms with E-state index in [1.807, 2.05) is 29.2 Å². The molecule has 0 aliphatic heterocycles. The summed E-state index contributed by atoms with van der Waals surface area (Å²) in [5.41, 5.74) is 2.54. The zero-order valence-electron chi connectivity index (χ0n) is 10.9. The van der Waals surface area contributed by atoms with Crippen molar-refractivity contribution in [3.8, 4) is 16.9 Å². The highest BCUT2D eigenvalue weighted by molar-refractivity contribution is 5.81. The third-order valence-corrected chi connectivity index (χ3v) is 3.45. The maximum Gasteiger partial charge on any atom is 0.150 e. The first-order valence-corrected chi connectivity index (χ1v) is 6.46. The molecule has 98 valence electrons. The lowest BCUT2D eigenvalue weighted by molar-refractivity contribution is 0.112. The molecule has 0 radical (unpaired) electrons. The first-order valence-electron chi connectivity index (χ1n) is 6.46. The number of methoxy groups -OCH3 is 1. The van der Waals surface area contributed by atoms with Crippen LogP contribution < -0.4 is 4.74 Å². The molecule has 0 N–H and O–H groups in total. The molecule has 0 spiro atoms. The molecule has 4 nitrogen and oxygen atoms in total. The van der Waals surface area contributed by atoms with Gasteiger partial charge in [-0.25, -0.2) is 0 Å². The fourth-order valence-electron chi connectivity index (χ4n) is 2.19. The molecule has 1 saturated carbocycles. The van der Waals surface area contributed by atoms with Crippen molar-refractivity contribution < 1.29 is 9.53 Å². The van der Waals surface area contributed by atoms with Gasteiger partial charge in [-0.1, -0.05) is 0 Å². The minimum atomic E-state index is 0.644. The fourth-order valence-corrected chi connectivity index (χ4v) is 2.19.